The standard InChI is InChI=1S/C20H21Cl2N9O3/c1-25-18(20(24)32)17-16(11-3-2-10(21)8-12(11)22)29-15(9-28-17)27-7-6-26-14-5-4-13(31(33)34)19(23)30-14/h2-5,8-9,18,25H,6-7H2,1H3,(H2,24,32)(H,27,29)(H3,23,26,30). The summed E-state index contributed by atoms with van der Waals surface area (Å²) in [6.07, 6.45) is 1.47. The second kappa shape index (κ2) is 10.9. The van der Waals surface area contributed by atoms with E-state index in [-0.39, 0.29) is 11.5 Å². The number of nitrogens with zero attached hydrogens (tertiary/aromatic N) is 4. The van der Waals surface area contributed by atoms with Gasteiger partial charge in [-0.1, -0.05) is 23.2 Å². The van der Waals surface area contributed by atoms with E-state index in [0.29, 0.717) is 51.7 Å². The summed E-state index contributed by atoms with van der Waals surface area (Å²) < 4.78 is 0. The Morgan fingerprint density at radius 3 is 2.44 bits per heavy atom. The predicted octanol–water partition coefficient (Wildman–Crippen LogP) is 2.61. The van der Waals surface area contributed by atoms with Crippen molar-refractivity contribution in [3.05, 3.63) is 62.4 Å². The zero-order chi connectivity index (χ0) is 24.8. The van der Waals surface area contributed by atoms with Gasteiger partial charge in [0.1, 0.15) is 17.7 Å². The number of hydrogen-bond acceptors (Lipinski definition) is 10. The molecule has 1 unspecified atom stereocenters. The molecule has 2 heterocycles. The Morgan fingerprint density at radius 2 is 1.85 bits per heavy atom. The molecule has 1 amide bonds. The predicted molar refractivity (Wildman–Crippen MR) is 131 cm³/mol. The third-order valence-corrected chi connectivity index (χ3v) is 5.22. The largest absolute Gasteiger partial charge is 0.378 e. The van der Waals surface area contributed by atoms with Crippen LogP contribution >= 0.6 is 23.2 Å². The molecule has 12 nitrogen and oxygen atoms in total. The molecule has 1 aromatic carbocycles. The number of nitrogen functional groups attached to an aromatic ring is 1. The van der Waals surface area contributed by atoms with Crippen LogP contribution in [-0.2, 0) is 4.79 Å². The zero-order valence-corrected chi connectivity index (χ0v) is 19.4. The number of rotatable bonds is 10. The summed E-state index contributed by atoms with van der Waals surface area (Å²) in [4.78, 5) is 35.1. The first-order chi connectivity index (χ1) is 16.2. The van der Waals surface area contributed by atoms with Gasteiger partial charge in [0.15, 0.2) is 0 Å². The summed E-state index contributed by atoms with van der Waals surface area (Å²) in [7, 11) is 1.58. The number of nitrogens with two attached hydrogens (primary N) is 2. The lowest BCUT2D eigenvalue weighted by Crippen LogP contribution is -2.32. The van der Waals surface area contributed by atoms with Crippen LogP contribution in [0.25, 0.3) is 11.3 Å². The molecule has 0 aliphatic heterocycles. The van der Waals surface area contributed by atoms with Crippen molar-refractivity contribution in [2.75, 3.05) is 36.5 Å². The fourth-order valence-corrected chi connectivity index (χ4v) is 3.59. The van der Waals surface area contributed by atoms with Gasteiger partial charge in [-0.15, -0.1) is 0 Å². The highest BCUT2D eigenvalue weighted by Crippen LogP contribution is 2.33. The van der Waals surface area contributed by atoms with Gasteiger partial charge in [-0.3, -0.25) is 19.9 Å². The van der Waals surface area contributed by atoms with Crippen molar-refractivity contribution in [3.8, 4) is 11.3 Å². The summed E-state index contributed by atoms with van der Waals surface area (Å²) in [5, 5.41) is 20.6. The van der Waals surface area contributed by atoms with Crippen LogP contribution in [0.3, 0.4) is 0 Å². The Labute approximate surface area is 204 Å². The van der Waals surface area contributed by atoms with Crippen molar-refractivity contribution in [1.29, 1.82) is 0 Å². The van der Waals surface area contributed by atoms with Crippen molar-refractivity contribution >= 4 is 52.3 Å². The molecule has 178 valence electrons. The Morgan fingerprint density at radius 1 is 1.15 bits per heavy atom. The molecule has 7 N–H and O–H groups in total. The van der Waals surface area contributed by atoms with E-state index in [9.17, 15) is 14.9 Å². The number of pyridine rings is 1. The molecule has 3 aromatic rings. The van der Waals surface area contributed by atoms with Crippen LogP contribution in [0.2, 0.25) is 10.0 Å². The third kappa shape index (κ3) is 5.78. The number of carbonyl (C=O) groups excluding carboxylic acids is 1. The van der Waals surface area contributed by atoms with Crippen LogP contribution in [0, 0.1) is 10.1 Å². The monoisotopic (exact) mass is 505 g/mol. The number of amides is 1. The minimum Gasteiger partial charge on any atom is -0.378 e. The first-order valence-corrected chi connectivity index (χ1v) is 10.6. The maximum absolute atomic E-state index is 11.9. The molecular weight excluding hydrogens is 485 g/mol. The van der Waals surface area contributed by atoms with Crippen LogP contribution in [0.5, 0.6) is 0 Å². The minimum absolute atomic E-state index is 0.178. The number of anilines is 3. The Balaban J connectivity index is 1.78. The lowest BCUT2D eigenvalue weighted by molar-refractivity contribution is -0.384. The Hall–Kier alpha value is -3.74. The van der Waals surface area contributed by atoms with Crippen molar-refractivity contribution in [1.82, 2.24) is 20.3 Å². The molecule has 0 bridgehead atoms. The third-order valence-electron chi connectivity index (χ3n) is 4.67. The molecule has 14 heteroatoms. The summed E-state index contributed by atoms with van der Waals surface area (Å²) in [6, 6.07) is 6.76. The van der Waals surface area contributed by atoms with Gasteiger partial charge in [-0.25, -0.2) is 9.97 Å². The Bertz CT molecular complexity index is 1230. The van der Waals surface area contributed by atoms with Gasteiger partial charge in [0.25, 0.3) is 0 Å². The molecule has 0 saturated carbocycles. The van der Waals surface area contributed by atoms with E-state index >= 15 is 0 Å². The number of nitrogens with one attached hydrogen (secondary N) is 3. The first kappa shape index (κ1) is 24.9. The van der Waals surface area contributed by atoms with E-state index in [1.54, 1.807) is 25.2 Å². The second-order valence-corrected chi connectivity index (χ2v) is 7.79. The van der Waals surface area contributed by atoms with Gasteiger partial charge in [-0.05, 0) is 31.3 Å². The zero-order valence-electron chi connectivity index (χ0n) is 17.9. The maximum atomic E-state index is 11.9. The number of likely N-dealkylation sites (N-methyl/N-ethyl adjacent to an activating group) is 1. The highest BCUT2D eigenvalue weighted by Gasteiger charge is 2.24. The molecule has 0 aliphatic carbocycles. The van der Waals surface area contributed by atoms with E-state index in [2.05, 4.69) is 30.9 Å². The molecule has 34 heavy (non-hydrogen) atoms. The van der Waals surface area contributed by atoms with Crippen LogP contribution in [0.1, 0.15) is 11.7 Å². The quantitative estimate of drug-likeness (QED) is 0.155. The van der Waals surface area contributed by atoms with Gasteiger partial charge in [-0.2, -0.15) is 0 Å². The number of primary amides is 1. The molecule has 2 aromatic heterocycles. The van der Waals surface area contributed by atoms with Crippen molar-refractivity contribution in [2.24, 2.45) is 5.73 Å². The van der Waals surface area contributed by atoms with Crippen molar-refractivity contribution in [2.45, 2.75) is 6.04 Å². The highest BCUT2D eigenvalue weighted by atomic mass is 35.5. The molecule has 0 aliphatic rings. The van der Waals surface area contributed by atoms with Crippen LogP contribution in [-0.4, -0.2) is 45.9 Å². The van der Waals surface area contributed by atoms with E-state index in [1.807, 2.05) is 0 Å². The van der Waals surface area contributed by atoms with E-state index < -0.39 is 16.9 Å². The van der Waals surface area contributed by atoms with Gasteiger partial charge in [0.2, 0.25) is 11.7 Å². The first-order valence-electron chi connectivity index (χ1n) is 9.88. The van der Waals surface area contributed by atoms with E-state index in [4.69, 9.17) is 34.7 Å². The topological polar surface area (TPSA) is 187 Å². The maximum Gasteiger partial charge on any atom is 0.311 e. The molecule has 0 saturated heterocycles. The Kier molecular flexibility index (Phi) is 7.99. The highest BCUT2D eigenvalue weighted by molar-refractivity contribution is 6.36. The number of hydrogen-bond donors (Lipinski definition) is 5. The molecule has 0 radical (unpaired) electrons. The smallest absolute Gasteiger partial charge is 0.311 e. The van der Waals surface area contributed by atoms with Gasteiger partial charge in [0.05, 0.1) is 27.5 Å². The van der Waals surface area contributed by atoms with Gasteiger partial charge >= 0.3 is 5.69 Å². The number of nitro groups is 1. The number of carbonyl (C=O) groups is 1. The summed E-state index contributed by atoms with van der Waals surface area (Å²) in [5.41, 5.74) is 12.1. The summed E-state index contributed by atoms with van der Waals surface area (Å²) >= 11 is 12.4. The lowest BCUT2D eigenvalue weighted by atomic mass is 10.0. The SMILES string of the molecule is CNC(C(N)=O)c1ncc(NCCNc2ccc([N+](=O)[O-])c(N)n2)nc1-c1ccc(Cl)cc1Cl. The molecular formula is C20H21Cl2N9O3. The van der Waals surface area contributed by atoms with E-state index in [0.717, 1.165) is 0 Å². The molecule has 3 rings (SSSR count). The van der Waals surface area contributed by atoms with Gasteiger partial charge in [0, 0.05) is 29.7 Å². The second-order valence-electron chi connectivity index (χ2n) is 6.95. The van der Waals surface area contributed by atoms with E-state index in [1.165, 1.54) is 18.3 Å². The fourth-order valence-electron chi connectivity index (χ4n) is 3.09. The molecule has 1 atom stereocenters. The molecule has 0 fully saturated rings. The van der Waals surface area contributed by atoms with Crippen LogP contribution < -0.4 is 27.4 Å². The summed E-state index contributed by atoms with van der Waals surface area (Å²) in [5.74, 6) is 0.00528. The number of halogens is 2. The lowest BCUT2D eigenvalue weighted by Gasteiger charge is -2.17. The average Bonchev–Trinajstić information content (AvgIpc) is 2.77. The van der Waals surface area contributed by atoms with Gasteiger partial charge < -0.3 is 27.4 Å². The average molecular weight is 506 g/mol. The van der Waals surface area contributed by atoms with Crippen molar-refractivity contribution in [3.63, 3.8) is 0 Å². The van der Waals surface area contributed by atoms with Crippen molar-refractivity contribution < 1.29 is 9.72 Å². The molecule has 0 spiro atoms. The fraction of sp³-hybridized carbons (Fsp3) is 0.200. The number of benzene rings is 1. The van der Waals surface area contributed by atoms with Crippen LogP contribution in [0.4, 0.5) is 23.1 Å². The summed E-state index contributed by atoms with van der Waals surface area (Å²) in [6.45, 7) is 0.789. The minimum atomic E-state index is -0.886. The van der Waals surface area contributed by atoms with Crippen LogP contribution in [0.15, 0.2) is 36.5 Å². The normalized spacial score (nSPS) is 11.6. The number of aromatic nitrogens is 3.